The van der Waals surface area contributed by atoms with Gasteiger partial charge >= 0.3 is 5.97 Å². The molecule has 5 nitrogen and oxygen atoms in total. The number of hydrogen-bond acceptors (Lipinski definition) is 3. The van der Waals surface area contributed by atoms with E-state index in [0.717, 1.165) is 0 Å². The number of carboxylic acid groups (broad SMARTS) is 1. The fraction of sp³-hybridized carbons (Fsp3) is 0.846. The topological polar surface area (TPSA) is 69.6 Å². The second-order valence-electron chi connectivity index (χ2n) is 5.47. The number of amides is 1. The quantitative estimate of drug-likeness (QED) is 0.723. The molecule has 1 unspecified atom stereocenters. The summed E-state index contributed by atoms with van der Waals surface area (Å²) in [6.07, 6.45) is 0. The fourth-order valence-electron chi connectivity index (χ4n) is 1.87. The van der Waals surface area contributed by atoms with E-state index in [0.29, 0.717) is 19.0 Å². The van der Waals surface area contributed by atoms with Crippen LogP contribution in [0.5, 0.6) is 0 Å². The van der Waals surface area contributed by atoms with Gasteiger partial charge in [-0.05, 0) is 33.2 Å². The molecule has 0 heterocycles. The molecule has 5 heteroatoms. The third-order valence-corrected chi connectivity index (χ3v) is 3.11. The van der Waals surface area contributed by atoms with Gasteiger partial charge in [0.1, 0.15) is 5.54 Å². The summed E-state index contributed by atoms with van der Waals surface area (Å²) in [5, 5.41) is 12.1. The SMILES string of the molecule is CCN(C(C)C(=O)NCC(C)C)C(C)(C)C(=O)O. The van der Waals surface area contributed by atoms with Crippen molar-refractivity contribution in [3.8, 4) is 0 Å². The lowest BCUT2D eigenvalue weighted by molar-refractivity contribution is -0.152. The number of nitrogens with zero attached hydrogens (tertiary/aromatic N) is 1. The van der Waals surface area contributed by atoms with Crippen LogP contribution in [0.25, 0.3) is 0 Å². The number of nitrogens with one attached hydrogen (secondary N) is 1. The molecule has 106 valence electrons. The van der Waals surface area contributed by atoms with E-state index in [1.54, 1.807) is 25.7 Å². The first kappa shape index (κ1) is 16.9. The summed E-state index contributed by atoms with van der Waals surface area (Å²) in [5.41, 5.74) is -1.05. The lowest BCUT2D eigenvalue weighted by Gasteiger charge is -2.38. The number of hydrogen-bond donors (Lipinski definition) is 2. The minimum atomic E-state index is -1.05. The van der Waals surface area contributed by atoms with Crippen LogP contribution in [0.1, 0.15) is 41.5 Å². The van der Waals surface area contributed by atoms with Crippen molar-refractivity contribution in [2.75, 3.05) is 13.1 Å². The maximum atomic E-state index is 12.0. The van der Waals surface area contributed by atoms with Gasteiger partial charge in [0.2, 0.25) is 5.91 Å². The number of carbonyl (C=O) groups excluding carboxylic acids is 1. The molecule has 0 radical (unpaired) electrons. The van der Waals surface area contributed by atoms with Crippen LogP contribution in [0.15, 0.2) is 0 Å². The smallest absolute Gasteiger partial charge is 0.323 e. The molecule has 0 saturated carbocycles. The van der Waals surface area contributed by atoms with E-state index in [-0.39, 0.29) is 5.91 Å². The zero-order valence-electron chi connectivity index (χ0n) is 12.3. The molecule has 2 N–H and O–H groups in total. The van der Waals surface area contributed by atoms with E-state index in [4.69, 9.17) is 0 Å². The first-order valence-corrected chi connectivity index (χ1v) is 6.42. The average Bonchev–Trinajstić information content (AvgIpc) is 2.25. The number of carboxylic acids is 1. The second-order valence-corrected chi connectivity index (χ2v) is 5.47. The van der Waals surface area contributed by atoms with Crippen molar-refractivity contribution in [1.82, 2.24) is 10.2 Å². The molecule has 1 amide bonds. The van der Waals surface area contributed by atoms with Crippen LogP contribution < -0.4 is 5.32 Å². The third kappa shape index (κ3) is 4.29. The van der Waals surface area contributed by atoms with Gasteiger partial charge < -0.3 is 10.4 Å². The van der Waals surface area contributed by atoms with E-state index in [1.165, 1.54) is 0 Å². The van der Waals surface area contributed by atoms with Crippen molar-refractivity contribution in [2.45, 2.75) is 53.1 Å². The van der Waals surface area contributed by atoms with Gasteiger partial charge in [-0.3, -0.25) is 14.5 Å². The summed E-state index contributed by atoms with van der Waals surface area (Å²) in [4.78, 5) is 24.9. The highest BCUT2D eigenvalue weighted by atomic mass is 16.4. The van der Waals surface area contributed by atoms with Gasteiger partial charge in [-0.2, -0.15) is 0 Å². The lowest BCUT2D eigenvalue weighted by Crippen LogP contribution is -2.58. The van der Waals surface area contributed by atoms with Gasteiger partial charge in [-0.15, -0.1) is 0 Å². The van der Waals surface area contributed by atoms with Crippen LogP contribution in [-0.4, -0.2) is 46.6 Å². The molecular weight excluding hydrogens is 232 g/mol. The average molecular weight is 258 g/mol. The Morgan fingerprint density at radius 2 is 1.78 bits per heavy atom. The van der Waals surface area contributed by atoms with Crippen molar-refractivity contribution in [2.24, 2.45) is 5.92 Å². The molecule has 0 bridgehead atoms. The maximum absolute atomic E-state index is 12.0. The van der Waals surface area contributed by atoms with Crippen LogP contribution in [-0.2, 0) is 9.59 Å². The Hall–Kier alpha value is -1.10. The minimum absolute atomic E-state index is 0.125. The molecule has 0 rings (SSSR count). The monoisotopic (exact) mass is 258 g/mol. The number of carbonyl (C=O) groups is 2. The molecule has 18 heavy (non-hydrogen) atoms. The third-order valence-electron chi connectivity index (χ3n) is 3.11. The fourth-order valence-corrected chi connectivity index (χ4v) is 1.87. The van der Waals surface area contributed by atoms with Crippen molar-refractivity contribution in [1.29, 1.82) is 0 Å². The largest absolute Gasteiger partial charge is 0.480 e. The van der Waals surface area contributed by atoms with E-state index in [9.17, 15) is 14.7 Å². The van der Waals surface area contributed by atoms with Crippen molar-refractivity contribution < 1.29 is 14.7 Å². The van der Waals surface area contributed by atoms with E-state index >= 15 is 0 Å². The van der Waals surface area contributed by atoms with Gasteiger partial charge in [-0.1, -0.05) is 20.8 Å². The summed E-state index contributed by atoms with van der Waals surface area (Å²) in [7, 11) is 0. The Morgan fingerprint density at radius 1 is 1.28 bits per heavy atom. The van der Waals surface area contributed by atoms with E-state index in [1.807, 2.05) is 20.8 Å². The zero-order chi connectivity index (χ0) is 14.5. The molecular formula is C13H26N2O3. The van der Waals surface area contributed by atoms with Crippen LogP contribution in [0.2, 0.25) is 0 Å². The number of likely N-dealkylation sites (N-methyl/N-ethyl adjacent to an activating group) is 1. The van der Waals surface area contributed by atoms with Crippen molar-refractivity contribution in [3.05, 3.63) is 0 Å². The normalized spacial score (nSPS) is 13.8. The highest BCUT2D eigenvalue weighted by molar-refractivity contribution is 5.83. The zero-order valence-corrected chi connectivity index (χ0v) is 12.3. The predicted octanol–water partition coefficient (Wildman–Crippen LogP) is 1.33. The first-order valence-electron chi connectivity index (χ1n) is 6.42. The highest BCUT2D eigenvalue weighted by Gasteiger charge is 2.38. The Morgan fingerprint density at radius 3 is 2.11 bits per heavy atom. The van der Waals surface area contributed by atoms with E-state index in [2.05, 4.69) is 5.32 Å². The molecule has 0 aliphatic rings. The molecule has 1 atom stereocenters. The summed E-state index contributed by atoms with van der Waals surface area (Å²) < 4.78 is 0. The Bertz CT molecular complexity index is 301. The molecule has 0 aromatic rings. The molecule has 0 fully saturated rings. The molecule has 0 spiro atoms. The Labute approximate surface area is 110 Å². The van der Waals surface area contributed by atoms with Gasteiger partial charge in [0.25, 0.3) is 0 Å². The molecule has 0 saturated heterocycles. The number of aliphatic carboxylic acids is 1. The highest BCUT2D eigenvalue weighted by Crippen LogP contribution is 2.18. The Kier molecular flexibility index (Phi) is 6.32. The summed E-state index contributed by atoms with van der Waals surface area (Å²) in [6.45, 7) is 12.0. The second kappa shape index (κ2) is 6.73. The van der Waals surface area contributed by atoms with Crippen LogP contribution in [0, 0.1) is 5.92 Å². The standard InChI is InChI=1S/C13H26N2O3/c1-7-15(13(5,6)12(17)18)10(4)11(16)14-8-9(2)3/h9-10H,7-8H2,1-6H3,(H,14,16)(H,17,18). The van der Waals surface area contributed by atoms with E-state index < -0.39 is 17.6 Å². The van der Waals surface area contributed by atoms with Crippen LogP contribution in [0.3, 0.4) is 0 Å². The summed E-state index contributed by atoms with van der Waals surface area (Å²) in [5.74, 6) is -0.670. The summed E-state index contributed by atoms with van der Waals surface area (Å²) >= 11 is 0. The van der Waals surface area contributed by atoms with Gasteiger partial charge in [0.15, 0.2) is 0 Å². The lowest BCUT2D eigenvalue weighted by atomic mass is 10.0. The summed E-state index contributed by atoms with van der Waals surface area (Å²) in [6, 6.07) is -0.458. The molecule has 0 aromatic heterocycles. The van der Waals surface area contributed by atoms with Crippen LogP contribution in [0.4, 0.5) is 0 Å². The minimum Gasteiger partial charge on any atom is -0.480 e. The van der Waals surface area contributed by atoms with Gasteiger partial charge in [0.05, 0.1) is 6.04 Å². The van der Waals surface area contributed by atoms with Crippen molar-refractivity contribution >= 4 is 11.9 Å². The van der Waals surface area contributed by atoms with Crippen molar-refractivity contribution in [3.63, 3.8) is 0 Å². The molecule has 0 aliphatic carbocycles. The predicted molar refractivity (Wildman–Crippen MR) is 71.4 cm³/mol. The first-order chi connectivity index (χ1) is 8.14. The number of rotatable bonds is 7. The Balaban J connectivity index is 4.76. The van der Waals surface area contributed by atoms with Gasteiger partial charge in [-0.25, -0.2) is 0 Å². The molecule has 0 aromatic carbocycles. The van der Waals surface area contributed by atoms with Crippen LogP contribution >= 0.6 is 0 Å². The maximum Gasteiger partial charge on any atom is 0.323 e. The van der Waals surface area contributed by atoms with Gasteiger partial charge in [0, 0.05) is 6.54 Å². The molecule has 0 aliphatic heterocycles.